The smallest absolute Gasteiger partial charge is 0.415 e. The van der Waals surface area contributed by atoms with Gasteiger partial charge in [-0.2, -0.15) is 35.1 Å². The molecule has 0 unspecified atom stereocenters. The van der Waals surface area contributed by atoms with Crippen LogP contribution in [0.15, 0.2) is 11.8 Å². The molecular formula is C11H10F8O2. The Labute approximate surface area is 113 Å². The predicted molar refractivity (Wildman–Crippen MR) is 52.9 cm³/mol. The van der Waals surface area contributed by atoms with E-state index < -0.39 is 54.8 Å². The number of carbonyl (C=O) groups excluding carboxylic acids is 1. The molecule has 0 heterocycles. The van der Waals surface area contributed by atoms with Gasteiger partial charge < -0.3 is 4.74 Å². The van der Waals surface area contributed by atoms with E-state index in [0.29, 0.717) is 0 Å². The Bertz CT molecular complexity index is 411. The van der Waals surface area contributed by atoms with Gasteiger partial charge in [-0.05, 0) is 25.7 Å². The number of allylic oxidation sites excluding steroid dienone is 1. The van der Waals surface area contributed by atoms with E-state index in [4.69, 9.17) is 0 Å². The first kappa shape index (κ1) is 17.7. The Balaban J connectivity index is 2.65. The van der Waals surface area contributed by atoms with Gasteiger partial charge in [0, 0.05) is 0 Å². The van der Waals surface area contributed by atoms with Gasteiger partial charge in [0.25, 0.3) is 5.76 Å². The van der Waals surface area contributed by atoms with Gasteiger partial charge in [0.1, 0.15) is 0 Å². The highest BCUT2D eigenvalue weighted by molar-refractivity contribution is 5.73. The lowest BCUT2D eigenvalue weighted by molar-refractivity contribution is -0.188. The lowest BCUT2D eigenvalue weighted by atomic mass is 9.82. The van der Waals surface area contributed by atoms with Gasteiger partial charge >= 0.3 is 24.4 Å². The van der Waals surface area contributed by atoms with Crippen LogP contribution < -0.4 is 0 Å². The highest BCUT2D eigenvalue weighted by Crippen LogP contribution is 2.40. The zero-order chi connectivity index (χ0) is 16.4. The van der Waals surface area contributed by atoms with Crippen LogP contribution in [0.3, 0.4) is 0 Å². The number of hydrogen-bond donors (Lipinski definition) is 0. The molecular weight excluding hydrogens is 316 g/mol. The number of ether oxygens (including phenoxy) is 1. The molecule has 0 aromatic heterocycles. The largest absolute Gasteiger partial charge is 0.455 e. The van der Waals surface area contributed by atoms with Crippen molar-refractivity contribution >= 4 is 5.97 Å². The molecule has 1 aliphatic carbocycles. The second kappa shape index (κ2) is 6.18. The molecule has 0 amide bonds. The molecule has 0 saturated heterocycles. The van der Waals surface area contributed by atoms with Crippen molar-refractivity contribution in [3.63, 3.8) is 0 Å². The van der Waals surface area contributed by atoms with Crippen molar-refractivity contribution in [2.75, 3.05) is 0 Å². The van der Waals surface area contributed by atoms with E-state index in [1.165, 1.54) is 0 Å². The predicted octanol–water partition coefficient (Wildman–Crippen LogP) is 4.57. The molecule has 0 aromatic rings. The van der Waals surface area contributed by atoms with Gasteiger partial charge in [0.05, 0.1) is 11.8 Å². The second-order valence-electron chi connectivity index (χ2n) is 4.60. The molecule has 1 fully saturated rings. The Hall–Kier alpha value is -1.35. The molecule has 0 aliphatic heterocycles. The number of esters is 1. The third-order valence-electron chi connectivity index (χ3n) is 3.16. The minimum absolute atomic E-state index is 0.359. The van der Waals surface area contributed by atoms with Crippen molar-refractivity contribution in [1.29, 1.82) is 0 Å². The number of carbonyl (C=O) groups is 1. The van der Waals surface area contributed by atoms with Crippen LogP contribution in [0.4, 0.5) is 35.1 Å². The summed E-state index contributed by atoms with van der Waals surface area (Å²) in [5, 5.41) is 0. The van der Waals surface area contributed by atoms with Crippen LogP contribution in [-0.2, 0) is 9.53 Å². The molecule has 0 N–H and O–H groups in total. The fraction of sp³-hybridized carbons (Fsp3) is 0.727. The third-order valence-corrected chi connectivity index (χ3v) is 3.16. The van der Waals surface area contributed by atoms with Crippen molar-refractivity contribution in [2.45, 2.75) is 38.0 Å². The summed E-state index contributed by atoms with van der Waals surface area (Å²) in [6.45, 7) is 0. The van der Waals surface area contributed by atoms with Crippen LogP contribution in [0.1, 0.15) is 25.7 Å². The van der Waals surface area contributed by atoms with Crippen LogP contribution >= 0.6 is 0 Å². The molecule has 0 radical (unpaired) electrons. The zero-order valence-electron chi connectivity index (χ0n) is 10.3. The normalized spacial score (nSPS) is 23.6. The topological polar surface area (TPSA) is 26.3 Å². The van der Waals surface area contributed by atoms with E-state index in [2.05, 4.69) is 4.74 Å². The van der Waals surface area contributed by atoms with E-state index in [9.17, 15) is 39.9 Å². The Morgan fingerprint density at radius 3 is 1.71 bits per heavy atom. The highest BCUT2D eigenvalue weighted by Gasteiger charge is 2.45. The maximum atomic E-state index is 12.4. The van der Waals surface area contributed by atoms with Crippen LogP contribution in [0, 0.1) is 11.8 Å². The zero-order valence-corrected chi connectivity index (χ0v) is 10.3. The fourth-order valence-corrected chi connectivity index (χ4v) is 2.04. The molecule has 1 rings (SSSR count). The highest BCUT2D eigenvalue weighted by atomic mass is 19.4. The Morgan fingerprint density at radius 2 is 1.38 bits per heavy atom. The lowest BCUT2D eigenvalue weighted by Gasteiger charge is -2.28. The minimum atomic E-state index is -5.54. The summed E-state index contributed by atoms with van der Waals surface area (Å²) in [5.41, 5.74) is 0. The molecule has 0 aromatic carbocycles. The van der Waals surface area contributed by atoms with E-state index in [1.807, 2.05) is 0 Å². The average Bonchev–Trinajstić information content (AvgIpc) is 2.33. The van der Waals surface area contributed by atoms with E-state index in [1.54, 1.807) is 0 Å². The molecule has 2 nitrogen and oxygen atoms in total. The van der Waals surface area contributed by atoms with Gasteiger partial charge in [0.2, 0.25) is 0 Å². The van der Waals surface area contributed by atoms with Crippen molar-refractivity contribution in [3.8, 4) is 0 Å². The summed E-state index contributed by atoms with van der Waals surface area (Å²) in [6, 6.07) is 0. The van der Waals surface area contributed by atoms with Gasteiger partial charge in [-0.15, -0.1) is 0 Å². The van der Waals surface area contributed by atoms with Gasteiger partial charge in [-0.1, -0.05) is 0 Å². The maximum Gasteiger partial charge on any atom is 0.455 e. The summed E-state index contributed by atoms with van der Waals surface area (Å²) in [5.74, 6) is -7.20. The van der Waals surface area contributed by atoms with Gasteiger partial charge in [-0.25, -0.2) is 0 Å². The summed E-state index contributed by atoms with van der Waals surface area (Å²) >= 11 is 0. The molecule has 0 bridgehead atoms. The standard InChI is InChI=1S/C11H10F8O2/c12-8(13)7(11(17,18)19)21-9(20)5-1-3-6(4-2-5)10(14,15)16/h5-6H,1-4H2. The van der Waals surface area contributed by atoms with E-state index in [-0.39, 0.29) is 12.8 Å². The SMILES string of the molecule is O=C(OC(=C(F)F)C(F)(F)F)C1CCC(C(F)(F)F)CC1. The van der Waals surface area contributed by atoms with Crippen LogP contribution in [-0.4, -0.2) is 18.3 Å². The summed E-state index contributed by atoms with van der Waals surface area (Å²) in [4.78, 5) is 11.3. The summed E-state index contributed by atoms with van der Waals surface area (Å²) < 4.78 is 101. The van der Waals surface area contributed by atoms with Crippen LogP contribution in [0.25, 0.3) is 0 Å². The summed E-state index contributed by atoms with van der Waals surface area (Å²) in [7, 11) is 0. The quantitative estimate of drug-likeness (QED) is 0.422. The monoisotopic (exact) mass is 326 g/mol. The van der Waals surface area contributed by atoms with Gasteiger partial charge in [0.15, 0.2) is 0 Å². The summed E-state index contributed by atoms with van der Waals surface area (Å²) in [6.07, 6.45) is -14.8. The average molecular weight is 326 g/mol. The maximum absolute atomic E-state index is 12.4. The van der Waals surface area contributed by atoms with E-state index >= 15 is 0 Å². The van der Waals surface area contributed by atoms with Gasteiger partial charge in [-0.3, -0.25) is 4.79 Å². The minimum Gasteiger partial charge on any atom is -0.415 e. The molecule has 0 atom stereocenters. The van der Waals surface area contributed by atoms with Crippen LogP contribution in [0.5, 0.6) is 0 Å². The van der Waals surface area contributed by atoms with Crippen molar-refractivity contribution in [1.82, 2.24) is 0 Å². The number of hydrogen-bond acceptors (Lipinski definition) is 2. The first-order chi connectivity index (χ1) is 9.43. The van der Waals surface area contributed by atoms with Crippen LogP contribution in [0.2, 0.25) is 0 Å². The van der Waals surface area contributed by atoms with Crippen molar-refractivity contribution < 1.29 is 44.7 Å². The van der Waals surface area contributed by atoms with E-state index in [0.717, 1.165) is 0 Å². The molecule has 1 saturated carbocycles. The number of rotatable bonds is 2. The first-order valence-corrected chi connectivity index (χ1v) is 5.83. The lowest BCUT2D eigenvalue weighted by Crippen LogP contribution is -2.32. The molecule has 0 spiro atoms. The number of alkyl halides is 6. The molecule has 10 heteroatoms. The molecule has 1 aliphatic rings. The second-order valence-corrected chi connectivity index (χ2v) is 4.60. The Morgan fingerprint density at radius 1 is 0.905 bits per heavy atom. The Kier molecular flexibility index (Phi) is 5.21. The van der Waals surface area contributed by atoms with Crippen molar-refractivity contribution in [3.05, 3.63) is 11.8 Å². The van der Waals surface area contributed by atoms with Crippen molar-refractivity contribution in [2.24, 2.45) is 11.8 Å². The number of halogens is 8. The molecule has 122 valence electrons. The third kappa shape index (κ3) is 4.85. The fourth-order valence-electron chi connectivity index (χ4n) is 2.04. The molecule has 21 heavy (non-hydrogen) atoms. The first-order valence-electron chi connectivity index (χ1n) is 5.83.